The Balaban J connectivity index is 1.74. The lowest BCUT2D eigenvalue weighted by atomic mass is 9.84. The number of H-pyrrole nitrogens is 2. The summed E-state index contributed by atoms with van der Waals surface area (Å²) in [6, 6.07) is 12.4. The van der Waals surface area contributed by atoms with E-state index in [4.69, 9.17) is 9.47 Å². The Kier molecular flexibility index (Phi) is 3.97. The van der Waals surface area contributed by atoms with Gasteiger partial charge < -0.3 is 19.4 Å². The molecule has 4 heteroatoms. The van der Waals surface area contributed by atoms with Gasteiger partial charge in [-0.05, 0) is 53.9 Å². The highest BCUT2D eigenvalue weighted by molar-refractivity contribution is 5.90. The molecular weight excluding hydrogens is 348 g/mol. The zero-order valence-electron chi connectivity index (χ0n) is 16.0. The van der Waals surface area contributed by atoms with Gasteiger partial charge >= 0.3 is 0 Å². The molecule has 2 aromatic heterocycles. The molecule has 5 rings (SSSR count). The van der Waals surface area contributed by atoms with Crippen molar-refractivity contribution in [3.63, 3.8) is 0 Å². The Morgan fingerprint density at radius 3 is 1.86 bits per heavy atom. The van der Waals surface area contributed by atoms with Gasteiger partial charge in [-0.25, -0.2) is 0 Å². The number of rotatable bonds is 5. The molecule has 0 saturated carbocycles. The number of methoxy groups -OCH3 is 2. The van der Waals surface area contributed by atoms with E-state index >= 15 is 0 Å². The highest BCUT2D eigenvalue weighted by Crippen LogP contribution is 2.42. The minimum atomic E-state index is 0.150. The molecule has 0 radical (unpaired) electrons. The normalized spacial score (nSPS) is 13.6. The molecule has 140 valence electrons. The summed E-state index contributed by atoms with van der Waals surface area (Å²) in [6.07, 6.45) is 11.8. The summed E-state index contributed by atoms with van der Waals surface area (Å²) in [4.78, 5) is 6.88. The number of hydrogen-bond donors (Lipinski definition) is 2. The van der Waals surface area contributed by atoms with Gasteiger partial charge in [-0.2, -0.15) is 0 Å². The van der Waals surface area contributed by atoms with E-state index in [1.54, 1.807) is 14.2 Å². The topological polar surface area (TPSA) is 50.0 Å². The third kappa shape index (κ3) is 2.61. The van der Waals surface area contributed by atoms with Crippen LogP contribution in [0.3, 0.4) is 0 Å². The lowest BCUT2D eigenvalue weighted by Gasteiger charge is -2.19. The minimum Gasteiger partial charge on any atom is -0.497 e. The summed E-state index contributed by atoms with van der Waals surface area (Å²) in [6.45, 7) is 0. The number of aromatic nitrogens is 2. The van der Waals surface area contributed by atoms with E-state index in [1.807, 2.05) is 12.1 Å². The molecule has 28 heavy (non-hydrogen) atoms. The van der Waals surface area contributed by atoms with Crippen LogP contribution in [-0.4, -0.2) is 24.2 Å². The maximum atomic E-state index is 5.48. The fraction of sp³-hybridized carbons (Fsp3) is 0.167. The Bertz CT molecular complexity index is 1140. The van der Waals surface area contributed by atoms with Crippen molar-refractivity contribution >= 4 is 21.8 Å². The van der Waals surface area contributed by atoms with Crippen LogP contribution in [0, 0.1) is 0 Å². The van der Waals surface area contributed by atoms with Crippen LogP contribution in [0.2, 0.25) is 0 Å². The molecule has 0 bridgehead atoms. The number of ether oxygens (including phenoxy) is 2. The van der Waals surface area contributed by atoms with Crippen molar-refractivity contribution in [2.45, 2.75) is 12.3 Å². The predicted octanol–water partition coefficient (Wildman–Crippen LogP) is 5.68. The maximum absolute atomic E-state index is 5.48. The van der Waals surface area contributed by atoms with Crippen molar-refractivity contribution in [2.75, 3.05) is 14.2 Å². The van der Waals surface area contributed by atoms with Crippen molar-refractivity contribution in [3.8, 4) is 11.5 Å². The molecule has 0 unspecified atom stereocenters. The highest BCUT2D eigenvalue weighted by Gasteiger charge is 2.25. The van der Waals surface area contributed by atoms with E-state index in [0.717, 1.165) is 29.0 Å². The summed E-state index contributed by atoms with van der Waals surface area (Å²) in [5.41, 5.74) is 6.13. The second-order valence-electron chi connectivity index (χ2n) is 7.12. The number of aromatic amines is 2. The van der Waals surface area contributed by atoms with E-state index in [0.29, 0.717) is 0 Å². The maximum Gasteiger partial charge on any atom is 0.119 e. The average Bonchev–Trinajstić information content (AvgIpc) is 3.49. The third-order valence-corrected chi connectivity index (χ3v) is 5.63. The number of nitrogens with one attached hydrogen (secondary N) is 2. The molecule has 2 aromatic carbocycles. The molecule has 4 nitrogen and oxygen atoms in total. The first-order valence-corrected chi connectivity index (χ1v) is 9.44. The van der Waals surface area contributed by atoms with Crippen LogP contribution in [0.1, 0.15) is 23.5 Å². The Morgan fingerprint density at radius 2 is 1.39 bits per heavy atom. The van der Waals surface area contributed by atoms with Gasteiger partial charge in [0.15, 0.2) is 0 Å². The van der Waals surface area contributed by atoms with Gasteiger partial charge in [0.25, 0.3) is 0 Å². The highest BCUT2D eigenvalue weighted by atomic mass is 16.5. The lowest BCUT2D eigenvalue weighted by Crippen LogP contribution is -2.03. The molecular formula is C24H22N2O2. The van der Waals surface area contributed by atoms with Crippen LogP contribution in [0.25, 0.3) is 21.8 Å². The molecule has 0 atom stereocenters. The van der Waals surface area contributed by atoms with Gasteiger partial charge in [-0.1, -0.05) is 23.8 Å². The molecule has 1 aliphatic rings. The number of hydrogen-bond acceptors (Lipinski definition) is 2. The van der Waals surface area contributed by atoms with Gasteiger partial charge in [0.2, 0.25) is 0 Å². The summed E-state index contributed by atoms with van der Waals surface area (Å²) in [5, 5.41) is 2.38. The van der Waals surface area contributed by atoms with Gasteiger partial charge in [0, 0.05) is 40.1 Å². The van der Waals surface area contributed by atoms with E-state index in [2.05, 4.69) is 64.9 Å². The molecule has 2 N–H and O–H groups in total. The van der Waals surface area contributed by atoms with Crippen molar-refractivity contribution in [1.29, 1.82) is 0 Å². The minimum absolute atomic E-state index is 0.150. The fourth-order valence-electron chi connectivity index (χ4n) is 4.22. The van der Waals surface area contributed by atoms with E-state index in [9.17, 15) is 0 Å². The number of fused-ring (bicyclic) bond motifs is 2. The van der Waals surface area contributed by atoms with Gasteiger partial charge in [-0.15, -0.1) is 0 Å². The van der Waals surface area contributed by atoms with Crippen LogP contribution < -0.4 is 9.47 Å². The lowest BCUT2D eigenvalue weighted by molar-refractivity contribution is 0.415. The number of allylic oxidation sites excluding steroid dienone is 4. The van der Waals surface area contributed by atoms with E-state index in [-0.39, 0.29) is 5.92 Å². The van der Waals surface area contributed by atoms with Crippen molar-refractivity contribution in [3.05, 3.63) is 83.7 Å². The van der Waals surface area contributed by atoms with E-state index in [1.165, 1.54) is 27.5 Å². The van der Waals surface area contributed by atoms with Crippen LogP contribution in [0.4, 0.5) is 0 Å². The SMILES string of the molecule is COc1ccc2[nH]cc(C(C3=CC=CC3)c3c[nH]c4ccc(OC)cc34)c2c1. The smallest absolute Gasteiger partial charge is 0.119 e. The molecule has 4 aromatic rings. The Labute approximate surface area is 163 Å². The summed E-state index contributed by atoms with van der Waals surface area (Å²) >= 11 is 0. The molecule has 0 aliphatic heterocycles. The van der Waals surface area contributed by atoms with Crippen molar-refractivity contribution < 1.29 is 9.47 Å². The second-order valence-corrected chi connectivity index (χ2v) is 7.12. The largest absolute Gasteiger partial charge is 0.497 e. The number of benzene rings is 2. The predicted molar refractivity (Wildman–Crippen MR) is 113 cm³/mol. The molecule has 0 fully saturated rings. The van der Waals surface area contributed by atoms with Gasteiger partial charge in [0.1, 0.15) is 11.5 Å². The zero-order valence-corrected chi connectivity index (χ0v) is 16.0. The van der Waals surface area contributed by atoms with Crippen LogP contribution in [-0.2, 0) is 0 Å². The van der Waals surface area contributed by atoms with Gasteiger partial charge in [-0.3, -0.25) is 0 Å². The van der Waals surface area contributed by atoms with Gasteiger partial charge in [0.05, 0.1) is 14.2 Å². The second kappa shape index (κ2) is 6.64. The summed E-state index contributed by atoms with van der Waals surface area (Å²) < 4.78 is 11.0. The first-order chi connectivity index (χ1) is 13.8. The Morgan fingerprint density at radius 1 is 0.821 bits per heavy atom. The Hall–Kier alpha value is -3.40. The van der Waals surface area contributed by atoms with Crippen LogP contribution >= 0.6 is 0 Å². The molecule has 1 aliphatic carbocycles. The molecule has 0 saturated heterocycles. The fourth-order valence-corrected chi connectivity index (χ4v) is 4.22. The average molecular weight is 370 g/mol. The standard InChI is InChI=1S/C24H22N2O2/c1-27-16-7-9-22-18(11-16)20(13-25-22)24(15-5-3-4-6-15)21-14-26-23-10-8-17(28-2)12-19(21)23/h3-5,7-14,24-26H,6H2,1-2H3. The van der Waals surface area contributed by atoms with E-state index < -0.39 is 0 Å². The quantitative estimate of drug-likeness (QED) is 0.474. The monoisotopic (exact) mass is 370 g/mol. The summed E-state index contributed by atoms with van der Waals surface area (Å²) in [5.74, 6) is 1.88. The molecule has 2 heterocycles. The van der Waals surface area contributed by atoms with Crippen LogP contribution in [0.15, 0.2) is 72.6 Å². The van der Waals surface area contributed by atoms with Crippen molar-refractivity contribution in [2.24, 2.45) is 0 Å². The van der Waals surface area contributed by atoms with Crippen molar-refractivity contribution in [1.82, 2.24) is 9.97 Å². The zero-order chi connectivity index (χ0) is 19.1. The first-order valence-electron chi connectivity index (χ1n) is 9.44. The summed E-state index contributed by atoms with van der Waals surface area (Å²) in [7, 11) is 3.42. The molecule has 0 spiro atoms. The van der Waals surface area contributed by atoms with Crippen LogP contribution in [0.5, 0.6) is 11.5 Å². The first kappa shape index (κ1) is 16.8. The molecule has 0 amide bonds. The third-order valence-electron chi connectivity index (χ3n) is 5.63.